The number of carboxylic acids is 1. The molecule has 1 fully saturated rings. The van der Waals surface area contributed by atoms with Crippen LogP contribution in [-0.4, -0.2) is 38.4 Å². The number of aliphatic carboxylic acids is 1. The Labute approximate surface area is 157 Å². The van der Waals surface area contributed by atoms with Gasteiger partial charge in [0.25, 0.3) is 0 Å². The van der Waals surface area contributed by atoms with Gasteiger partial charge in [0, 0.05) is 12.0 Å². The molecular weight excluding hydrogens is 368 g/mol. The highest BCUT2D eigenvalue weighted by Gasteiger charge is 2.36. The first-order valence-electron chi connectivity index (χ1n) is 8.34. The van der Waals surface area contributed by atoms with Gasteiger partial charge in [-0.15, -0.1) is 0 Å². The summed E-state index contributed by atoms with van der Waals surface area (Å²) < 4.78 is 28.5. The van der Waals surface area contributed by atoms with Gasteiger partial charge >= 0.3 is 16.2 Å². The second-order valence-electron chi connectivity index (χ2n) is 6.17. The quantitative estimate of drug-likeness (QED) is 0.511. The number of hydrogen-bond donors (Lipinski definition) is 3. The van der Waals surface area contributed by atoms with Crippen molar-refractivity contribution in [2.24, 2.45) is 5.73 Å². The van der Waals surface area contributed by atoms with Crippen LogP contribution in [0.1, 0.15) is 17.5 Å². The number of nitrogens with two attached hydrogens (primary N) is 1. The van der Waals surface area contributed by atoms with Crippen LogP contribution in [0.2, 0.25) is 0 Å². The highest BCUT2D eigenvalue weighted by atomic mass is 32.2. The van der Waals surface area contributed by atoms with Crippen LogP contribution in [0.4, 0.5) is 11.4 Å². The van der Waals surface area contributed by atoms with E-state index in [1.54, 1.807) is 48.5 Å². The summed E-state index contributed by atoms with van der Waals surface area (Å²) in [6.07, 6.45) is 0.433. The zero-order chi connectivity index (χ0) is 19.6. The number of carbonyl (C=O) groups is 1. The molecule has 0 unspecified atom stereocenters. The van der Waals surface area contributed by atoms with E-state index in [2.05, 4.69) is 0 Å². The molecule has 8 nitrogen and oxygen atoms in total. The van der Waals surface area contributed by atoms with E-state index in [4.69, 9.17) is 16.2 Å². The summed E-state index contributed by atoms with van der Waals surface area (Å²) in [7, 11) is -3.72. The van der Waals surface area contributed by atoms with Gasteiger partial charge in [-0.25, -0.2) is 0 Å². The van der Waals surface area contributed by atoms with Crippen LogP contribution >= 0.6 is 0 Å². The summed E-state index contributed by atoms with van der Waals surface area (Å²) in [5.41, 5.74) is 7.86. The van der Waals surface area contributed by atoms with Gasteiger partial charge in [-0.3, -0.25) is 18.8 Å². The van der Waals surface area contributed by atoms with Crippen LogP contribution in [-0.2, 0) is 21.4 Å². The zero-order valence-electron chi connectivity index (χ0n) is 14.5. The second-order valence-corrected chi connectivity index (χ2v) is 7.95. The molecule has 3 rings (SSSR count). The lowest BCUT2D eigenvalue weighted by Crippen LogP contribution is -2.33. The number of amidine groups is 1. The maximum atomic E-state index is 12.9. The Morgan fingerprint density at radius 2 is 1.48 bits per heavy atom. The van der Waals surface area contributed by atoms with Crippen molar-refractivity contribution in [1.82, 2.24) is 0 Å². The van der Waals surface area contributed by atoms with Crippen molar-refractivity contribution in [3.63, 3.8) is 0 Å². The third kappa shape index (κ3) is 3.87. The Balaban J connectivity index is 1.79. The van der Waals surface area contributed by atoms with E-state index >= 15 is 0 Å². The molecule has 9 heteroatoms. The number of rotatable bonds is 6. The molecule has 0 spiro atoms. The minimum absolute atomic E-state index is 0.0331. The predicted octanol–water partition coefficient (Wildman–Crippen LogP) is 1.56. The second kappa shape index (κ2) is 7.28. The highest BCUT2D eigenvalue weighted by molar-refractivity contribution is 7.94. The van der Waals surface area contributed by atoms with E-state index in [-0.39, 0.29) is 12.3 Å². The van der Waals surface area contributed by atoms with Crippen LogP contribution in [0.3, 0.4) is 0 Å². The molecule has 0 atom stereocenters. The van der Waals surface area contributed by atoms with Gasteiger partial charge in [0.2, 0.25) is 0 Å². The smallest absolute Gasteiger partial charge is 0.326 e. The minimum Gasteiger partial charge on any atom is -0.481 e. The molecule has 1 aliphatic rings. The molecule has 0 saturated carbocycles. The number of benzene rings is 2. The topological polar surface area (TPSA) is 128 Å². The molecule has 0 amide bonds. The lowest BCUT2D eigenvalue weighted by Gasteiger charge is -2.21. The van der Waals surface area contributed by atoms with Crippen molar-refractivity contribution in [3.8, 4) is 0 Å². The fraction of sp³-hybridized carbons (Fsp3) is 0.222. The molecule has 1 heterocycles. The first-order valence-corrected chi connectivity index (χ1v) is 9.74. The lowest BCUT2D eigenvalue weighted by atomic mass is 10.1. The fourth-order valence-corrected chi connectivity index (χ4v) is 4.58. The number of aryl methyl sites for hydroxylation is 1. The largest absolute Gasteiger partial charge is 0.481 e. The van der Waals surface area contributed by atoms with Gasteiger partial charge < -0.3 is 10.8 Å². The fourth-order valence-electron chi connectivity index (χ4n) is 2.94. The minimum atomic E-state index is -3.72. The molecule has 0 aliphatic carbocycles. The van der Waals surface area contributed by atoms with E-state index in [0.717, 1.165) is 5.56 Å². The van der Waals surface area contributed by atoms with E-state index in [0.29, 0.717) is 36.4 Å². The highest BCUT2D eigenvalue weighted by Crippen LogP contribution is 2.30. The Bertz CT molecular complexity index is 956. The van der Waals surface area contributed by atoms with Gasteiger partial charge in [-0.2, -0.15) is 8.42 Å². The van der Waals surface area contributed by atoms with Gasteiger partial charge in [0.1, 0.15) is 5.84 Å². The SMILES string of the molecule is N=C(N)c1ccc(N2CCN(c3ccc(CCC(=O)O)cc3)S2(=O)=O)cc1. The van der Waals surface area contributed by atoms with Gasteiger partial charge in [0.15, 0.2) is 0 Å². The standard InChI is InChI=1S/C18H20N4O4S/c19-18(20)14-4-8-16(9-5-14)22-12-11-21(27(22,25)26)15-6-1-13(2-7-15)3-10-17(23)24/h1-2,4-9H,3,10-12H2,(H3,19,20)(H,23,24). The van der Waals surface area contributed by atoms with Gasteiger partial charge in [0.05, 0.1) is 24.5 Å². The maximum Gasteiger partial charge on any atom is 0.326 e. The summed E-state index contributed by atoms with van der Waals surface area (Å²) >= 11 is 0. The van der Waals surface area contributed by atoms with E-state index < -0.39 is 16.2 Å². The molecule has 1 aliphatic heterocycles. The summed E-state index contributed by atoms with van der Waals surface area (Å²) in [5, 5.41) is 16.2. The van der Waals surface area contributed by atoms with E-state index in [1.807, 2.05) is 0 Å². The number of nitrogens with one attached hydrogen (secondary N) is 1. The van der Waals surface area contributed by atoms with Crippen molar-refractivity contribution in [2.45, 2.75) is 12.8 Å². The number of carboxylic acid groups (broad SMARTS) is 1. The molecule has 27 heavy (non-hydrogen) atoms. The first kappa shape index (κ1) is 18.7. The molecule has 142 valence electrons. The molecule has 2 aromatic carbocycles. The number of nitrogens with zero attached hydrogens (tertiary/aromatic N) is 2. The number of hydrogen-bond acceptors (Lipinski definition) is 4. The molecule has 4 N–H and O–H groups in total. The van der Waals surface area contributed by atoms with Gasteiger partial charge in [-0.1, -0.05) is 12.1 Å². The Kier molecular flexibility index (Phi) is 5.04. The Hall–Kier alpha value is -3.07. The first-order chi connectivity index (χ1) is 12.8. The van der Waals surface area contributed by atoms with Crippen LogP contribution in [0.25, 0.3) is 0 Å². The number of anilines is 2. The van der Waals surface area contributed by atoms with E-state index in [1.165, 1.54) is 8.61 Å². The maximum absolute atomic E-state index is 12.9. The predicted molar refractivity (Wildman–Crippen MR) is 103 cm³/mol. The summed E-state index contributed by atoms with van der Waals surface area (Å²) in [6.45, 7) is 0.619. The van der Waals surface area contributed by atoms with Crippen molar-refractivity contribution in [1.29, 1.82) is 5.41 Å². The van der Waals surface area contributed by atoms with Crippen molar-refractivity contribution < 1.29 is 18.3 Å². The van der Waals surface area contributed by atoms with Crippen molar-refractivity contribution in [3.05, 3.63) is 59.7 Å². The molecule has 0 aromatic heterocycles. The van der Waals surface area contributed by atoms with Crippen molar-refractivity contribution in [2.75, 3.05) is 21.7 Å². The average molecular weight is 388 g/mol. The third-order valence-electron chi connectivity index (χ3n) is 4.38. The van der Waals surface area contributed by atoms with Crippen molar-refractivity contribution >= 4 is 33.4 Å². The Morgan fingerprint density at radius 3 is 1.93 bits per heavy atom. The molecule has 2 aromatic rings. The Morgan fingerprint density at radius 1 is 1.00 bits per heavy atom. The van der Waals surface area contributed by atoms with Crippen LogP contribution in [0, 0.1) is 5.41 Å². The summed E-state index contributed by atoms with van der Waals surface area (Å²) in [6, 6.07) is 13.4. The number of nitrogen functional groups attached to an aromatic ring is 1. The molecule has 1 saturated heterocycles. The monoisotopic (exact) mass is 388 g/mol. The summed E-state index contributed by atoms with van der Waals surface area (Å²) in [4.78, 5) is 10.7. The molecule has 0 radical (unpaired) electrons. The average Bonchev–Trinajstić information content (AvgIpc) is 2.95. The molecular formula is C18H20N4O4S. The third-order valence-corrected chi connectivity index (χ3v) is 6.28. The van der Waals surface area contributed by atoms with Crippen LogP contribution in [0.5, 0.6) is 0 Å². The van der Waals surface area contributed by atoms with Crippen LogP contribution < -0.4 is 14.3 Å². The summed E-state index contributed by atoms with van der Waals surface area (Å²) in [5.74, 6) is -0.942. The normalized spacial score (nSPS) is 15.7. The van der Waals surface area contributed by atoms with Crippen LogP contribution in [0.15, 0.2) is 48.5 Å². The zero-order valence-corrected chi connectivity index (χ0v) is 15.3. The van der Waals surface area contributed by atoms with Gasteiger partial charge in [-0.05, 0) is 48.4 Å². The van der Waals surface area contributed by atoms with E-state index in [9.17, 15) is 13.2 Å². The molecule has 0 bridgehead atoms. The lowest BCUT2D eigenvalue weighted by molar-refractivity contribution is -0.136.